The molecule has 3 aromatic carbocycles. The Labute approximate surface area is 175 Å². The molecular formula is C24H23ClF2N2. The molecular weight excluding hydrogens is 390 g/mol. The molecule has 1 fully saturated rings. The van der Waals surface area contributed by atoms with Crippen molar-refractivity contribution >= 4 is 11.6 Å². The third-order valence-electron chi connectivity index (χ3n) is 5.43. The molecule has 1 heterocycles. The maximum absolute atomic E-state index is 14.8. The molecule has 150 valence electrons. The molecule has 5 heteroatoms. The van der Waals surface area contributed by atoms with Crippen molar-refractivity contribution in [3.8, 4) is 0 Å². The van der Waals surface area contributed by atoms with Gasteiger partial charge in [0.15, 0.2) is 0 Å². The second-order valence-corrected chi connectivity index (χ2v) is 7.78. The highest BCUT2D eigenvalue weighted by Gasteiger charge is 2.33. The van der Waals surface area contributed by atoms with Gasteiger partial charge in [-0.25, -0.2) is 8.78 Å². The second-order valence-electron chi connectivity index (χ2n) is 7.37. The van der Waals surface area contributed by atoms with Crippen LogP contribution in [0, 0.1) is 11.6 Å². The first kappa shape index (κ1) is 20.0. The van der Waals surface area contributed by atoms with Crippen molar-refractivity contribution in [3.63, 3.8) is 0 Å². The zero-order valence-corrected chi connectivity index (χ0v) is 16.8. The van der Waals surface area contributed by atoms with Gasteiger partial charge < -0.3 is 0 Å². The van der Waals surface area contributed by atoms with Crippen LogP contribution in [0.15, 0.2) is 72.8 Å². The summed E-state index contributed by atoms with van der Waals surface area (Å²) in [6.07, 6.45) is 0.630. The smallest absolute Gasteiger partial charge is 0.129 e. The van der Waals surface area contributed by atoms with Gasteiger partial charge in [0.2, 0.25) is 0 Å². The molecule has 4 rings (SSSR count). The second kappa shape index (κ2) is 9.04. The molecule has 0 amide bonds. The molecule has 29 heavy (non-hydrogen) atoms. The Hall–Kier alpha value is -2.27. The van der Waals surface area contributed by atoms with E-state index in [2.05, 4.69) is 9.80 Å². The fourth-order valence-corrected chi connectivity index (χ4v) is 4.25. The molecule has 0 saturated carbocycles. The number of rotatable bonds is 5. The van der Waals surface area contributed by atoms with E-state index in [0.717, 1.165) is 25.1 Å². The summed E-state index contributed by atoms with van der Waals surface area (Å²) in [5.74, 6) is -0.481. The van der Waals surface area contributed by atoms with Crippen LogP contribution in [0.2, 0.25) is 5.02 Å². The maximum Gasteiger partial charge on any atom is 0.129 e. The Morgan fingerprint density at radius 1 is 0.724 bits per heavy atom. The van der Waals surface area contributed by atoms with Crippen molar-refractivity contribution in [2.45, 2.75) is 25.7 Å². The highest BCUT2D eigenvalue weighted by atomic mass is 35.5. The Kier molecular flexibility index (Phi) is 6.24. The number of hydrogen-bond acceptors (Lipinski definition) is 2. The van der Waals surface area contributed by atoms with Gasteiger partial charge in [-0.2, -0.15) is 0 Å². The summed E-state index contributed by atoms with van der Waals surface area (Å²) >= 11 is 6.39. The molecule has 0 bridgehead atoms. The van der Waals surface area contributed by atoms with E-state index in [0.29, 0.717) is 29.2 Å². The Morgan fingerprint density at radius 3 is 1.93 bits per heavy atom. The van der Waals surface area contributed by atoms with E-state index < -0.39 is 0 Å². The molecule has 3 aromatic rings. The van der Waals surface area contributed by atoms with E-state index in [1.165, 1.54) is 12.1 Å². The topological polar surface area (TPSA) is 6.48 Å². The number of hydrogen-bond donors (Lipinski definition) is 0. The zero-order chi connectivity index (χ0) is 20.2. The quantitative estimate of drug-likeness (QED) is 0.505. The fraction of sp³-hybridized carbons (Fsp3) is 0.250. The van der Waals surface area contributed by atoms with Crippen LogP contribution >= 0.6 is 11.6 Å². The first-order valence-corrected chi connectivity index (χ1v) is 10.2. The minimum Gasteiger partial charge on any atom is -0.280 e. The molecule has 1 aliphatic rings. The summed E-state index contributed by atoms with van der Waals surface area (Å²) in [6.45, 7) is 2.61. The molecule has 0 N–H and O–H groups in total. The van der Waals surface area contributed by atoms with Crippen LogP contribution in [0.25, 0.3) is 0 Å². The van der Waals surface area contributed by atoms with Crippen molar-refractivity contribution in [1.29, 1.82) is 0 Å². The average molecular weight is 413 g/mol. The summed E-state index contributed by atoms with van der Waals surface area (Å²) in [4.78, 5) is 4.38. The average Bonchev–Trinajstić information content (AvgIpc) is 2.72. The lowest BCUT2D eigenvalue weighted by Crippen LogP contribution is -2.47. The first-order valence-electron chi connectivity index (χ1n) is 9.83. The summed E-state index contributed by atoms with van der Waals surface area (Å²) in [5.41, 5.74) is 2.23. The minimum atomic E-state index is -0.291. The van der Waals surface area contributed by atoms with Crippen LogP contribution < -0.4 is 0 Å². The first-order chi connectivity index (χ1) is 14.1. The molecule has 2 nitrogen and oxygen atoms in total. The van der Waals surface area contributed by atoms with Crippen molar-refractivity contribution < 1.29 is 8.78 Å². The lowest BCUT2D eigenvalue weighted by molar-refractivity contribution is -0.0116. The van der Waals surface area contributed by atoms with Crippen molar-refractivity contribution in [1.82, 2.24) is 9.80 Å². The van der Waals surface area contributed by atoms with Crippen LogP contribution in [0.5, 0.6) is 0 Å². The lowest BCUT2D eigenvalue weighted by atomic mass is 10.0. The zero-order valence-electron chi connectivity index (χ0n) is 16.1. The van der Waals surface area contributed by atoms with Gasteiger partial charge in [0, 0.05) is 42.3 Å². The lowest BCUT2D eigenvalue weighted by Gasteiger charge is -2.44. The Bertz CT molecular complexity index is 923. The maximum atomic E-state index is 14.8. The number of halogens is 3. The number of nitrogens with zero attached hydrogens (tertiary/aromatic N) is 2. The number of benzene rings is 3. The highest BCUT2D eigenvalue weighted by molar-refractivity contribution is 6.31. The van der Waals surface area contributed by atoms with Gasteiger partial charge in [0.1, 0.15) is 11.6 Å². The largest absolute Gasteiger partial charge is 0.280 e. The third-order valence-corrected chi connectivity index (χ3v) is 5.80. The van der Waals surface area contributed by atoms with Crippen molar-refractivity contribution in [2.24, 2.45) is 0 Å². The van der Waals surface area contributed by atoms with Gasteiger partial charge in [-0.1, -0.05) is 66.2 Å². The van der Waals surface area contributed by atoms with E-state index in [-0.39, 0.29) is 17.8 Å². The SMILES string of the molecule is Fc1ccccc1CN1CCCN(Cc2ccccc2Cl)[C@@H]1c1ccccc1F. The van der Waals surface area contributed by atoms with Gasteiger partial charge in [0.05, 0.1) is 6.17 Å². The Morgan fingerprint density at radius 2 is 1.28 bits per heavy atom. The predicted octanol–water partition coefficient (Wildman–Crippen LogP) is 6.02. The van der Waals surface area contributed by atoms with Gasteiger partial charge in [-0.3, -0.25) is 9.80 Å². The van der Waals surface area contributed by atoms with E-state index in [9.17, 15) is 8.78 Å². The van der Waals surface area contributed by atoms with Crippen LogP contribution in [-0.4, -0.2) is 22.9 Å². The van der Waals surface area contributed by atoms with Crippen LogP contribution in [0.4, 0.5) is 8.78 Å². The monoisotopic (exact) mass is 412 g/mol. The molecule has 0 aliphatic carbocycles. The van der Waals surface area contributed by atoms with E-state index in [1.54, 1.807) is 18.2 Å². The molecule has 0 radical (unpaired) electrons. The van der Waals surface area contributed by atoms with Crippen LogP contribution in [0.3, 0.4) is 0 Å². The minimum absolute atomic E-state index is 0.233. The normalized spacial score (nSPS) is 18.1. The molecule has 0 aromatic heterocycles. The van der Waals surface area contributed by atoms with E-state index in [1.807, 2.05) is 42.5 Å². The standard InChI is InChI=1S/C24H23ClF2N2/c25-21-11-4-1-8-18(21)16-28-14-7-15-29(17-19-9-2-5-12-22(19)26)24(28)20-10-3-6-13-23(20)27/h1-6,8-13,24H,7,14-17H2/t24-/m0/s1. The van der Waals surface area contributed by atoms with Crippen LogP contribution in [-0.2, 0) is 13.1 Å². The van der Waals surface area contributed by atoms with Gasteiger partial charge in [0.25, 0.3) is 0 Å². The molecule has 1 aliphatic heterocycles. The fourth-order valence-electron chi connectivity index (χ4n) is 4.05. The van der Waals surface area contributed by atoms with Crippen molar-refractivity contribution in [2.75, 3.05) is 13.1 Å². The van der Waals surface area contributed by atoms with Crippen LogP contribution in [0.1, 0.15) is 29.3 Å². The highest BCUT2D eigenvalue weighted by Crippen LogP contribution is 2.34. The van der Waals surface area contributed by atoms with Gasteiger partial charge >= 0.3 is 0 Å². The Balaban J connectivity index is 1.69. The third kappa shape index (κ3) is 4.50. The summed E-state index contributed by atoms with van der Waals surface area (Å²) in [5, 5.41) is 0.700. The van der Waals surface area contributed by atoms with Gasteiger partial charge in [-0.05, 0) is 30.2 Å². The van der Waals surface area contributed by atoms with E-state index >= 15 is 0 Å². The summed E-state index contributed by atoms with van der Waals surface area (Å²) in [6, 6.07) is 21.4. The van der Waals surface area contributed by atoms with E-state index in [4.69, 9.17) is 11.6 Å². The summed E-state index contributed by atoms with van der Waals surface area (Å²) in [7, 11) is 0. The molecule has 0 spiro atoms. The molecule has 1 atom stereocenters. The van der Waals surface area contributed by atoms with Gasteiger partial charge in [-0.15, -0.1) is 0 Å². The molecule has 0 unspecified atom stereocenters. The molecule has 1 saturated heterocycles. The predicted molar refractivity (Wildman–Crippen MR) is 112 cm³/mol. The van der Waals surface area contributed by atoms with Crippen molar-refractivity contribution in [3.05, 3.63) is 106 Å². The summed E-state index contributed by atoms with van der Waals surface area (Å²) < 4.78 is 29.1.